The second-order valence-corrected chi connectivity index (χ2v) is 7.56. The number of alkyl halides is 3. The van der Waals surface area contributed by atoms with E-state index in [1.165, 1.54) is 4.90 Å². The Morgan fingerprint density at radius 2 is 2.08 bits per heavy atom. The highest BCUT2D eigenvalue weighted by atomic mass is 19.4. The molecule has 1 saturated heterocycles. The van der Waals surface area contributed by atoms with E-state index in [0.717, 1.165) is 12.3 Å². The van der Waals surface area contributed by atoms with E-state index < -0.39 is 34.2 Å². The maximum atomic E-state index is 13.0. The zero-order chi connectivity index (χ0) is 19.3. The SMILES string of the molecule is CC1(C)CC2(C=C(C#N)C1=O)CCN(C(=O)c1ccoc1C(F)(F)F)C2. The van der Waals surface area contributed by atoms with Crippen molar-refractivity contribution in [2.45, 2.75) is 32.9 Å². The second kappa shape index (κ2) is 5.73. The van der Waals surface area contributed by atoms with Gasteiger partial charge in [-0.15, -0.1) is 0 Å². The molecule has 1 aliphatic carbocycles. The lowest BCUT2D eigenvalue weighted by Crippen LogP contribution is -2.40. The van der Waals surface area contributed by atoms with Crippen LogP contribution in [-0.4, -0.2) is 29.7 Å². The number of Topliss-reactive ketones (excluding diaryl/α,β-unsaturated/α-hetero) is 1. The maximum absolute atomic E-state index is 13.0. The monoisotopic (exact) mass is 366 g/mol. The number of nitrogens with zero attached hydrogens (tertiary/aromatic N) is 2. The van der Waals surface area contributed by atoms with E-state index in [1.54, 1.807) is 19.9 Å². The maximum Gasteiger partial charge on any atom is 0.450 e. The summed E-state index contributed by atoms with van der Waals surface area (Å²) in [5.74, 6) is -2.31. The number of nitriles is 1. The molecule has 5 nitrogen and oxygen atoms in total. The molecule has 0 bridgehead atoms. The summed E-state index contributed by atoms with van der Waals surface area (Å²) >= 11 is 0. The Hall–Kier alpha value is -2.56. The number of carbonyl (C=O) groups is 2. The fourth-order valence-corrected chi connectivity index (χ4v) is 4.03. The number of likely N-dealkylation sites (tertiary alicyclic amines) is 1. The van der Waals surface area contributed by atoms with Gasteiger partial charge in [0.15, 0.2) is 5.78 Å². The first-order valence-electron chi connectivity index (χ1n) is 8.11. The van der Waals surface area contributed by atoms with Crippen LogP contribution in [-0.2, 0) is 11.0 Å². The van der Waals surface area contributed by atoms with E-state index in [9.17, 15) is 28.0 Å². The molecule has 8 heteroatoms. The first-order chi connectivity index (χ1) is 12.0. The lowest BCUT2D eigenvalue weighted by Gasteiger charge is -2.38. The van der Waals surface area contributed by atoms with Crippen molar-refractivity contribution in [1.82, 2.24) is 4.90 Å². The molecule has 1 aliphatic heterocycles. The van der Waals surface area contributed by atoms with E-state index in [1.807, 2.05) is 6.07 Å². The minimum absolute atomic E-state index is 0.0508. The molecule has 1 amide bonds. The van der Waals surface area contributed by atoms with E-state index >= 15 is 0 Å². The first kappa shape index (κ1) is 18.2. The number of hydrogen-bond acceptors (Lipinski definition) is 4. The Labute approximate surface area is 148 Å². The molecule has 1 atom stereocenters. The Bertz CT molecular complexity index is 845. The number of ketones is 1. The largest absolute Gasteiger partial charge is 0.459 e. The van der Waals surface area contributed by atoms with Gasteiger partial charge in [0.25, 0.3) is 5.91 Å². The van der Waals surface area contributed by atoms with Gasteiger partial charge in [-0.25, -0.2) is 0 Å². The summed E-state index contributed by atoms with van der Waals surface area (Å²) in [6.07, 6.45) is -1.39. The fraction of sp³-hybridized carbons (Fsp3) is 0.500. The molecular weight excluding hydrogens is 349 g/mol. The van der Waals surface area contributed by atoms with Crippen molar-refractivity contribution in [2.24, 2.45) is 10.8 Å². The van der Waals surface area contributed by atoms with Crippen molar-refractivity contribution in [3.8, 4) is 6.07 Å². The van der Waals surface area contributed by atoms with Crippen LogP contribution in [0.3, 0.4) is 0 Å². The van der Waals surface area contributed by atoms with Crippen LogP contribution < -0.4 is 0 Å². The van der Waals surface area contributed by atoms with Gasteiger partial charge in [-0.3, -0.25) is 9.59 Å². The van der Waals surface area contributed by atoms with Crippen LogP contribution in [0.1, 0.15) is 42.8 Å². The third-order valence-corrected chi connectivity index (χ3v) is 5.05. The van der Waals surface area contributed by atoms with Crippen LogP contribution in [0.4, 0.5) is 13.2 Å². The number of rotatable bonds is 1. The van der Waals surface area contributed by atoms with Gasteiger partial charge in [-0.2, -0.15) is 18.4 Å². The summed E-state index contributed by atoms with van der Waals surface area (Å²) in [6, 6.07) is 2.92. The van der Waals surface area contributed by atoms with Gasteiger partial charge in [-0.1, -0.05) is 19.9 Å². The summed E-state index contributed by atoms with van der Waals surface area (Å²) in [7, 11) is 0. The minimum atomic E-state index is -4.75. The zero-order valence-corrected chi connectivity index (χ0v) is 14.3. The van der Waals surface area contributed by atoms with Gasteiger partial charge in [0.2, 0.25) is 5.76 Å². The summed E-state index contributed by atoms with van der Waals surface area (Å²) in [4.78, 5) is 26.2. The number of allylic oxidation sites excluding steroid dienone is 1. The molecule has 3 rings (SSSR count). The van der Waals surface area contributed by atoms with Gasteiger partial charge < -0.3 is 9.32 Å². The number of furan rings is 1. The molecule has 1 spiro atoms. The molecule has 26 heavy (non-hydrogen) atoms. The molecule has 0 radical (unpaired) electrons. The Morgan fingerprint density at radius 3 is 2.69 bits per heavy atom. The van der Waals surface area contributed by atoms with Crippen LogP contribution in [0.25, 0.3) is 0 Å². The zero-order valence-electron chi connectivity index (χ0n) is 14.3. The van der Waals surface area contributed by atoms with Gasteiger partial charge in [0.1, 0.15) is 6.07 Å². The molecule has 1 unspecified atom stereocenters. The summed E-state index contributed by atoms with van der Waals surface area (Å²) in [6.45, 7) is 3.89. The van der Waals surface area contributed by atoms with Crippen LogP contribution in [0.5, 0.6) is 0 Å². The molecule has 0 N–H and O–H groups in total. The van der Waals surface area contributed by atoms with Crippen molar-refractivity contribution in [3.63, 3.8) is 0 Å². The lowest BCUT2D eigenvalue weighted by atomic mass is 9.64. The topological polar surface area (TPSA) is 74.3 Å². The summed E-state index contributed by atoms with van der Waals surface area (Å²) in [5.41, 5.74) is -1.81. The quantitative estimate of drug-likeness (QED) is 0.761. The number of hydrogen-bond donors (Lipinski definition) is 0. The molecule has 0 aromatic carbocycles. The average Bonchev–Trinajstić information content (AvgIpc) is 3.17. The standard InChI is InChI=1S/C18H17F3N2O3/c1-16(2)9-17(7-11(8-22)13(16)24)4-5-23(10-17)15(25)12-3-6-26-14(12)18(19,20)21/h3,6-7H,4-5,9-10H2,1-2H3. The number of amides is 1. The van der Waals surface area contributed by atoms with Crippen molar-refractivity contribution in [3.05, 3.63) is 35.3 Å². The smallest absolute Gasteiger partial charge is 0.450 e. The van der Waals surface area contributed by atoms with Gasteiger partial charge in [0, 0.05) is 23.9 Å². The van der Waals surface area contributed by atoms with Gasteiger partial charge in [0.05, 0.1) is 17.4 Å². The normalized spacial score (nSPS) is 25.3. The van der Waals surface area contributed by atoms with Crippen LogP contribution >= 0.6 is 0 Å². The average molecular weight is 366 g/mol. The Balaban J connectivity index is 1.89. The highest BCUT2D eigenvalue weighted by molar-refractivity contribution is 6.04. The summed E-state index contributed by atoms with van der Waals surface area (Å²) in [5, 5.41) is 9.23. The molecule has 0 saturated carbocycles. The van der Waals surface area contributed by atoms with Gasteiger partial charge in [-0.05, 0) is 18.9 Å². The Kier molecular flexibility index (Phi) is 4.02. The van der Waals surface area contributed by atoms with E-state index in [4.69, 9.17) is 0 Å². The molecule has 1 aromatic heterocycles. The third-order valence-electron chi connectivity index (χ3n) is 5.05. The predicted octanol–water partition coefficient (Wildman–Crippen LogP) is 3.58. The van der Waals surface area contributed by atoms with Crippen LogP contribution in [0.2, 0.25) is 0 Å². The lowest BCUT2D eigenvalue weighted by molar-refractivity contribution is -0.153. The first-order valence-corrected chi connectivity index (χ1v) is 8.11. The van der Waals surface area contributed by atoms with Crippen LogP contribution in [0.15, 0.2) is 28.4 Å². The van der Waals surface area contributed by atoms with Crippen molar-refractivity contribution >= 4 is 11.7 Å². The van der Waals surface area contributed by atoms with Crippen molar-refractivity contribution in [2.75, 3.05) is 13.1 Å². The second-order valence-electron chi connectivity index (χ2n) is 7.56. The summed E-state index contributed by atoms with van der Waals surface area (Å²) < 4.78 is 43.4. The van der Waals surface area contributed by atoms with E-state index in [-0.39, 0.29) is 24.4 Å². The number of halogens is 3. The molecule has 2 heterocycles. The van der Waals surface area contributed by atoms with E-state index in [0.29, 0.717) is 12.8 Å². The van der Waals surface area contributed by atoms with E-state index in [2.05, 4.69) is 4.42 Å². The van der Waals surface area contributed by atoms with Crippen molar-refractivity contribution < 1.29 is 27.2 Å². The fourth-order valence-electron chi connectivity index (χ4n) is 4.03. The van der Waals surface area contributed by atoms with Gasteiger partial charge >= 0.3 is 6.18 Å². The molecular formula is C18H17F3N2O3. The Morgan fingerprint density at radius 1 is 1.38 bits per heavy atom. The predicted molar refractivity (Wildman–Crippen MR) is 83.8 cm³/mol. The molecule has 1 aromatic rings. The molecule has 138 valence electrons. The number of carbonyl (C=O) groups excluding carboxylic acids is 2. The van der Waals surface area contributed by atoms with Crippen molar-refractivity contribution in [1.29, 1.82) is 5.26 Å². The third kappa shape index (κ3) is 2.91. The highest BCUT2D eigenvalue weighted by Crippen LogP contribution is 2.48. The molecule has 2 aliphatic rings. The highest BCUT2D eigenvalue weighted by Gasteiger charge is 2.49. The van der Waals surface area contributed by atoms with Crippen LogP contribution in [0, 0.1) is 22.2 Å². The molecule has 1 fully saturated rings. The minimum Gasteiger partial charge on any atom is -0.459 e.